The van der Waals surface area contributed by atoms with Crippen molar-refractivity contribution in [3.8, 4) is 11.8 Å². The lowest BCUT2D eigenvalue weighted by Crippen LogP contribution is -2.01. The molecule has 17 heavy (non-hydrogen) atoms. The first-order chi connectivity index (χ1) is 8.04. The average Bonchev–Trinajstić information content (AvgIpc) is 2.26. The maximum Gasteiger partial charge on any atom is 0.317 e. The zero-order valence-corrected chi connectivity index (χ0v) is 10.4. The molecule has 0 spiro atoms. The van der Waals surface area contributed by atoms with E-state index in [1.807, 2.05) is 0 Å². The lowest BCUT2D eigenvalue weighted by Gasteiger charge is -2.00. The summed E-state index contributed by atoms with van der Waals surface area (Å²) in [6, 6.07) is 2.76. The quantitative estimate of drug-likeness (QED) is 0.599. The summed E-state index contributed by atoms with van der Waals surface area (Å²) in [5, 5.41) is 0.375. The number of carbonyl (C=O) groups is 1. The first kappa shape index (κ1) is 13.5. The molecule has 0 atom stereocenters. The van der Waals surface area contributed by atoms with Gasteiger partial charge in [0.25, 0.3) is 0 Å². The second-order valence-electron chi connectivity index (χ2n) is 3.36. The van der Waals surface area contributed by atoms with E-state index in [9.17, 15) is 9.18 Å². The molecule has 0 bridgehead atoms. The lowest BCUT2D eigenvalue weighted by molar-refractivity contribution is -0.141. The van der Waals surface area contributed by atoms with E-state index < -0.39 is 5.97 Å². The van der Waals surface area contributed by atoms with Crippen LogP contribution in [0.3, 0.4) is 0 Å². The number of ether oxygens (including phenoxy) is 1. The molecule has 0 saturated heterocycles. The van der Waals surface area contributed by atoms with Gasteiger partial charge in [-0.15, -0.1) is 0 Å². The van der Waals surface area contributed by atoms with Gasteiger partial charge in [0.1, 0.15) is 12.2 Å². The van der Waals surface area contributed by atoms with E-state index in [0.29, 0.717) is 22.8 Å². The second kappa shape index (κ2) is 6.27. The van der Waals surface area contributed by atoms with Crippen molar-refractivity contribution in [3.63, 3.8) is 0 Å². The van der Waals surface area contributed by atoms with Crippen LogP contribution in [-0.4, -0.2) is 12.6 Å². The Morgan fingerprint density at radius 3 is 2.88 bits per heavy atom. The van der Waals surface area contributed by atoms with Crippen LogP contribution in [0.25, 0.3) is 0 Å². The van der Waals surface area contributed by atoms with Crippen molar-refractivity contribution >= 4 is 17.6 Å². The Hall–Kier alpha value is -1.53. The Kier molecular flexibility index (Phi) is 4.99. The van der Waals surface area contributed by atoms with E-state index in [1.54, 1.807) is 13.8 Å². The van der Waals surface area contributed by atoms with Crippen molar-refractivity contribution < 1.29 is 13.9 Å². The molecule has 0 saturated carbocycles. The first-order valence-electron chi connectivity index (χ1n) is 5.14. The first-order valence-corrected chi connectivity index (χ1v) is 5.52. The van der Waals surface area contributed by atoms with Crippen LogP contribution in [0.2, 0.25) is 5.02 Å². The molecule has 0 amide bonds. The minimum atomic E-state index is -0.399. The highest BCUT2D eigenvalue weighted by Gasteiger charge is 2.03. The van der Waals surface area contributed by atoms with Gasteiger partial charge in [-0.1, -0.05) is 23.4 Å². The number of rotatable bonds is 2. The van der Waals surface area contributed by atoms with E-state index in [1.165, 1.54) is 12.1 Å². The number of aryl methyl sites for hydroxylation is 1. The molecule has 0 aliphatic heterocycles. The van der Waals surface area contributed by atoms with Crippen LogP contribution in [-0.2, 0) is 9.53 Å². The van der Waals surface area contributed by atoms with Gasteiger partial charge in [0, 0.05) is 5.56 Å². The summed E-state index contributed by atoms with van der Waals surface area (Å²) in [5.41, 5.74) is 0.838. The molecule has 0 aliphatic rings. The summed E-state index contributed by atoms with van der Waals surface area (Å²) < 4.78 is 18.0. The van der Waals surface area contributed by atoms with E-state index in [-0.39, 0.29) is 12.2 Å². The van der Waals surface area contributed by atoms with Crippen LogP contribution in [0.1, 0.15) is 24.5 Å². The minimum Gasteiger partial charge on any atom is -0.465 e. The Bertz CT molecular complexity index is 486. The molecule has 0 fully saturated rings. The molecule has 90 valence electrons. The number of halogens is 2. The monoisotopic (exact) mass is 254 g/mol. The SMILES string of the molecule is CCOC(=O)CC#Cc1cc(F)c(C)cc1Cl. The highest BCUT2D eigenvalue weighted by atomic mass is 35.5. The Balaban J connectivity index is 2.79. The van der Waals surface area contributed by atoms with Gasteiger partial charge in [0.15, 0.2) is 0 Å². The van der Waals surface area contributed by atoms with Crippen LogP contribution in [0.5, 0.6) is 0 Å². The largest absolute Gasteiger partial charge is 0.465 e. The van der Waals surface area contributed by atoms with Crippen molar-refractivity contribution in [2.24, 2.45) is 0 Å². The Morgan fingerprint density at radius 1 is 1.53 bits per heavy atom. The van der Waals surface area contributed by atoms with Crippen LogP contribution in [0.4, 0.5) is 4.39 Å². The van der Waals surface area contributed by atoms with Gasteiger partial charge in [-0.3, -0.25) is 4.79 Å². The highest BCUT2D eigenvalue weighted by Crippen LogP contribution is 2.19. The van der Waals surface area contributed by atoms with Gasteiger partial charge in [0.05, 0.1) is 11.6 Å². The maximum absolute atomic E-state index is 13.2. The fourth-order valence-electron chi connectivity index (χ4n) is 1.17. The van der Waals surface area contributed by atoms with Gasteiger partial charge in [0.2, 0.25) is 0 Å². The number of carbonyl (C=O) groups excluding carboxylic acids is 1. The van der Waals surface area contributed by atoms with Gasteiger partial charge in [-0.25, -0.2) is 4.39 Å². The molecule has 0 N–H and O–H groups in total. The zero-order valence-electron chi connectivity index (χ0n) is 9.64. The third-order valence-corrected chi connectivity index (χ3v) is 2.32. The van der Waals surface area contributed by atoms with E-state index >= 15 is 0 Å². The average molecular weight is 255 g/mol. The van der Waals surface area contributed by atoms with Crippen molar-refractivity contribution in [2.45, 2.75) is 20.3 Å². The molecule has 1 rings (SSSR count). The Labute approximate surface area is 105 Å². The molecular formula is C13H12ClFO2. The third kappa shape index (κ3) is 4.08. The predicted molar refractivity (Wildman–Crippen MR) is 64.3 cm³/mol. The summed E-state index contributed by atoms with van der Waals surface area (Å²) in [6.45, 7) is 3.66. The van der Waals surface area contributed by atoms with Crippen molar-refractivity contribution in [1.82, 2.24) is 0 Å². The van der Waals surface area contributed by atoms with E-state index in [4.69, 9.17) is 16.3 Å². The van der Waals surface area contributed by atoms with Crippen LogP contribution in [0.15, 0.2) is 12.1 Å². The van der Waals surface area contributed by atoms with Crippen LogP contribution < -0.4 is 0 Å². The topological polar surface area (TPSA) is 26.3 Å². The van der Waals surface area contributed by atoms with Crippen molar-refractivity contribution in [1.29, 1.82) is 0 Å². The number of esters is 1. The minimum absolute atomic E-state index is 0.0281. The predicted octanol–water partition coefficient (Wildman–Crippen LogP) is 3.09. The normalized spacial score (nSPS) is 9.41. The smallest absolute Gasteiger partial charge is 0.317 e. The van der Waals surface area contributed by atoms with Crippen LogP contribution >= 0.6 is 11.6 Å². The zero-order chi connectivity index (χ0) is 12.8. The number of hydrogen-bond donors (Lipinski definition) is 0. The number of hydrogen-bond acceptors (Lipinski definition) is 2. The van der Waals surface area contributed by atoms with Crippen LogP contribution in [0, 0.1) is 24.6 Å². The summed E-state index contributed by atoms with van der Waals surface area (Å²) in [5.74, 6) is 4.48. The highest BCUT2D eigenvalue weighted by molar-refractivity contribution is 6.31. The summed E-state index contributed by atoms with van der Waals surface area (Å²) >= 11 is 5.89. The molecule has 1 aromatic carbocycles. The Morgan fingerprint density at radius 2 is 2.24 bits per heavy atom. The third-order valence-electron chi connectivity index (χ3n) is 2.01. The van der Waals surface area contributed by atoms with Gasteiger partial charge in [-0.05, 0) is 31.5 Å². The summed E-state index contributed by atoms with van der Waals surface area (Å²) in [4.78, 5) is 11.0. The molecule has 0 heterocycles. The molecule has 2 nitrogen and oxygen atoms in total. The van der Waals surface area contributed by atoms with Gasteiger partial charge >= 0.3 is 5.97 Å². The molecule has 0 aliphatic carbocycles. The fraction of sp³-hybridized carbons (Fsp3) is 0.308. The van der Waals surface area contributed by atoms with Crippen molar-refractivity contribution in [3.05, 3.63) is 34.1 Å². The van der Waals surface area contributed by atoms with Crippen molar-refractivity contribution in [2.75, 3.05) is 6.61 Å². The van der Waals surface area contributed by atoms with Gasteiger partial charge < -0.3 is 4.74 Å². The van der Waals surface area contributed by atoms with E-state index in [0.717, 1.165) is 0 Å². The standard InChI is InChI=1S/C13H12ClFO2/c1-3-17-13(16)6-4-5-10-8-12(15)9(2)7-11(10)14/h7-8H,3,6H2,1-2H3. The molecule has 0 unspecified atom stereocenters. The summed E-state index contributed by atoms with van der Waals surface area (Å²) in [6.07, 6.45) is -0.0281. The van der Waals surface area contributed by atoms with E-state index in [2.05, 4.69) is 11.8 Å². The summed E-state index contributed by atoms with van der Waals surface area (Å²) in [7, 11) is 0. The second-order valence-corrected chi connectivity index (χ2v) is 3.77. The molecule has 1 aromatic rings. The molecule has 0 radical (unpaired) electrons. The maximum atomic E-state index is 13.2. The van der Waals surface area contributed by atoms with Gasteiger partial charge in [-0.2, -0.15) is 0 Å². The molecule has 4 heteroatoms. The molecule has 0 aromatic heterocycles. The molecular weight excluding hydrogens is 243 g/mol. The number of benzene rings is 1. The fourth-order valence-corrected chi connectivity index (χ4v) is 1.43. The lowest BCUT2D eigenvalue weighted by atomic mass is 10.1.